The van der Waals surface area contributed by atoms with Crippen molar-refractivity contribution < 1.29 is 25.1 Å². The van der Waals surface area contributed by atoms with E-state index in [2.05, 4.69) is 88.4 Å². The number of aryl methyl sites for hydroxylation is 2. The first-order valence-corrected chi connectivity index (χ1v) is 19.9. The van der Waals surface area contributed by atoms with Crippen LogP contribution in [0.3, 0.4) is 0 Å². The molecule has 1 aliphatic rings. The maximum absolute atomic E-state index is 12.0. The first-order chi connectivity index (χ1) is 23.2. The Morgan fingerprint density at radius 3 is 1.66 bits per heavy atom. The first kappa shape index (κ1) is 47.9. The largest absolute Gasteiger partial charge is 2.00 e. The summed E-state index contributed by atoms with van der Waals surface area (Å²) in [5, 5.41) is 0. The van der Waals surface area contributed by atoms with E-state index in [-0.39, 0.29) is 35.3 Å². The smallest absolute Gasteiger partial charge is 0.493 e. The van der Waals surface area contributed by atoms with Gasteiger partial charge < -0.3 is 20.4 Å². The van der Waals surface area contributed by atoms with E-state index in [1.807, 2.05) is 0 Å². The predicted molar refractivity (Wildman–Crippen MR) is 219 cm³/mol. The van der Waals surface area contributed by atoms with Crippen LogP contribution in [0.25, 0.3) is 16.9 Å². The van der Waals surface area contributed by atoms with Crippen LogP contribution in [0.15, 0.2) is 71.8 Å². The Balaban J connectivity index is 0.00000800. The van der Waals surface area contributed by atoms with Gasteiger partial charge in [-0.3, -0.25) is 0 Å². The molecule has 282 valence electrons. The molecule has 1 aliphatic heterocycles. The summed E-state index contributed by atoms with van der Waals surface area (Å²) in [6.07, 6.45) is 33.6. The van der Waals surface area contributed by atoms with E-state index in [4.69, 9.17) is 0 Å². The van der Waals surface area contributed by atoms with Crippen molar-refractivity contribution in [2.75, 3.05) is 0 Å². The zero-order valence-corrected chi connectivity index (χ0v) is 34.8. The SMILES string of the molecule is CCCCCCCCCCC=CCCc1ccccc1C1=C(CCCCC)C(CC)=C(c2ccc(CCCCCCCC)cc2)[N+]1=[N-].[CH3-].[CH3-].[Pd+2]. The van der Waals surface area contributed by atoms with Gasteiger partial charge in [-0.2, -0.15) is 0 Å². The molecule has 0 unspecified atom stereocenters. The van der Waals surface area contributed by atoms with Gasteiger partial charge in [-0.25, -0.2) is 4.70 Å². The van der Waals surface area contributed by atoms with Gasteiger partial charge in [0.1, 0.15) is 0 Å². The fourth-order valence-electron chi connectivity index (χ4n) is 7.21. The van der Waals surface area contributed by atoms with Crippen LogP contribution in [0.4, 0.5) is 0 Å². The molecule has 3 heteroatoms. The van der Waals surface area contributed by atoms with E-state index >= 15 is 0 Å². The van der Waals surface area contributed by atoms with Gasteiger partial charge in [0, 0.05) is 22.3 Å². The summed E-state index contributed by atoms with van der Waals surface area (Å²) >= 11 is 0. The van der Waals surface area contributed by atoms with E-state index in [1.54, 1.807) is 4.70 Å². The number of hydrogen-bond donors (Lipinski definition) is 0. The van der Waals surface area contributed by atoms with E-state index < -0.39 is 0 Å². The molecular formula is C47H74N2Pd. The molecule has 2 aromatic carbocycles. The molecule has 0 spiro atoms. The fourth-order valence-corrected chi connectivity index (χ4v) is 7.21. The summed E-state index contributed by atoms with van der Waals surface area (Å²) in [5.41, 5.74) is 21.7. The van der Waals surface area contributed by atoms with Crippen molar-refractivity contribution in [3.63, 3.8) is 0 Å². The third kappa shape index (κ3) is 16.1. The van der Waals surface area contributed by atoms with Crippen LogP contribution in [-0.4, -0.2) is 4.70 Å². The average Bonchev–Trinajstić information content (AvgIpc) is 3.37. The molecule has 0 bridgehead atoms. The van der Waals surface area contributed by atoms with E-state index in [1.165, 1.54) is 137 Å². The van der Waals surface area contributed by atoms with E-state index in [9.17, 15) is 5.53 Å². The summed E-state index contributed by atoms with van der Waals surface area (Å²) in [7, 11) is 0. The number of allylic oxidation sites excluding steroid dienone is 4. The van der Waals surface area contributed by atoms with Crippen molar-refractivity contribution >= 4 is 11.4 Å². The second kappa shape index (κ2) is 29.5. The number of unbranched alkanes of at least 4 members (excludes halogenated alkanes) is 15. The topological polar surface area (TPSA) is 25.3 Å². The number of benzene rings is 2. The summed E-state index contributed by atoms with van der Waals surface area (Å²) in [4.78, 5) is 0. The van der Waals surface area contributed by atoms with Crippen LogP contribution < -0.4 is 0 Å². The van der Waals surface area contributed by atoms with Crippen LogP contribution >= 0.6 is 0 Å². The maximum Gasteiger partial charge on any atom is 2.00 e. The van der Waals surface area contributed by atoms with Gasteiger partial charge in [-0.1, -0.05) is 160 Å². The molecule has 0 amide bonds. The van der Waals surface area contributed by atoms with Crippen molar-refractivity contribution in [3.05, 3.63) is 114 Å². The molecule has 50 heavy (non-hydrogen) atoms. The van der Waals surface area contributed by atoms with Crippen molar-refractivity contribution in [2.45, 2.75) is 175 Å². The summed E-state index contributed by atoms with van der Waals surface area (Å²) in [6, 6.07) is 17.9. The summed E-state index contributed by atoms with van der Waals surface area (Å²) in [6.45, 7) is 9.09. The second-order valence-corrected chi connectivity index (χ2v) is 13.9. The van der Waals surface area contributed by atoms with Gasteiger partial charge in [0.05, 0.1) is 0 Å². The molecule has 2 nitrogen and oxygen atoms in total. The molecule has 0 radical (unpaired) electrons. The standard InChI is InChI=1S/C45H68N2.2CH3.Pd/c1-5-9-12-14-16-17-18-19-20-21-23-26-30-39-31-27-28-32-42(39)45-43(33-24-11-7-3)41(8-4)44(47(45)46)40-36-34-38(35-37-40)29-25-22-15-13-10-6-2;;;/h21,23,27-28,31-32,34-37H,5-20,22,24-26,29-30,33H2,1-4H3;2*1H3;/q;2*-1;+2. The van der Waals surface area contributed by atoms with Crippen LogP contribution in [0.2, 0.25) is 0 Å². The Morgan fingerprint density at radius 1 is 0.520 bits per heavy atom. The monoisotopic (exact) mass is 772 g/mol. The van der Waals surface area contributed by atoms with Gasteiger partial charge in [-0.05, 0) is 87.1 Å². The summed E-state index contributed by atoms with van der Waals surface area (Å²) < 4.78 is 1.56. The Hall–Kier alpha value is -2.08. The minimum absolute atomic E-state index is 0. The Morgan fingerprint density at radius 2 is 1.04 bits per heavy atom. The molecule has 1 heterocycles. The molecule has 0 N–H and O–H groups in total. The van der Waals surface area contributed by atoms with Crippen molar-refractivity contribution in [1.29, 1.82) is 0 Å². The Bertz CT molecular complexity index is 1270. The van der Waals surface area contributed by atoms with Crippen LogP contribution in [0, 0.1) is 14.9 Å². The molecule has 0 saturated heterocycles. The number of rotatable bonds is 26. The van der Waals surface area contributed by atoms with Gasteiger partial charge in [0.15, 0.2) is 0 Å². The molecule has 0 aromatic heterocycles. The quantitative estimate of drug-likeness (QED) is 0.0299. The third-order valence-corrected chi connectivity index (χ3v) is 10.0. The zero-order valence-electron chi connectivity index (χ0n) is 33.2. The third-order valence-electron chi connectivity index (χ3n) is 10.0. The van der Waals surface area contributed by atoms with Crippen LogP contribution in [0.5, 0.6) is 0 Å². The van der Waals surface area contributed by atoms with Gasteiger partial charge in [0.2, 0.25) is 11.4 Å². The van der Waals surface area contributed by atoms with Gasteiger partial charge >= 0.3 is 20.4 Å². The second-order valence-electron chi connectivity index (χ2n) is 13.9. The Kier molecular flexibility index (Phi) is 28.3. The van der Waals surface area contributed by atoms with Crippen molar-refractivity contribution in [3.8, 4) is 0 Å². The molecule has 0 atom stereocenters. The predicted octanol–water partition coefficient (Wildman–Crippen LogP) is 15.7. The summed E-state index contributed by atoms with van der Waals surface area (Å²) in [5.74, 6) is 0. The molecule has 0 fully saturated rings. The molecule has 0 saturated carbocycles. The maximum atomic E-state index is 12.0. The van der Waals surface area contributed by atoms with E-state index in [0.29, 0.717) is 0 Å². The van der Waals surface area contributed by atoms with Gasteiger partial charge in [-0.15, -0.1) is 0 Å². The number of nitrogens with zero attached hydrogens (tertiary/aromatic N) is 2. The normalized spacial score (nSPS) is 12.8. The molecule has 0 aliphatic carbocycles. The van der Waals surface area contributed by atoms with Crippen LogP contribution in [-0.2, 0) is 33.3 Å². The zero-order chi connectivity index (χ0) is 33.5. The van der Waals surface area contributed by atoms with E-state index in [0.717, 1.165) is 55.5 Å². The minimum Gasteiger partial charge on any atom is -0.493 e. The number of hydrogen-bond acceptors (Lipinski definition) is 0. The van der Waals surface area contributed by atoms with Crippen molar-refractivity contribution in [1.82, 2.24) is 0 Å². The first-order valence-electron chi connectivity index (χ1n) is 19.9. The average molecular weight is 774 g/mol. The molecule has 3 rings (SSSR count). The molecular weight excluding hydrogens is 699 g/mol. The van der Waals surface area contributed by atoms with Crippen molar-refractivity contribution in [2.24, 2.45) is 0 Å². The van der Waals surface area contributed by atoms with Gasteiger partial charge in [0.25, 0.3) is 0 Å². The molecule has 2 aromatic rings. The Labute approximate surface area is 324 Å². The fraction of sp³-hybridized carbons (Fsp3) is 0.574. The van der Waals surface area contributed by atoms with Crippen LogP contribution in [0.1, 0.15) is 185 Å². The minimum atomic E-state index is 0.